The van der Waals surface area contributed by atoms with Crippen molar-refractivity contribution in [3.05, 3.63) is 120 Å². The lowest BCUT2D eigenvalue weighted by atomic mass is 9.95. The van der Waals surface area contributed by atoms with Gasteiger partial charge in [-0.15, -0.1) is 0 Å². The number of benzene rings is 4. The van der Waals surface area contributed by atoms with Gasteiger partial charge in [0.2, 0.25) is 0 Å². The molecule has 0 aliphatic rings. The minimum absolute atomic E-state index is 0.01000. The molecule has 0 aliphatic heterocycles. The number of methoxy groups -OCH3 is 2. The van der Waals surface area contributed by atoms with Crippen molar-refractivity contribution in [2.45, 2.75) is 17.4 Å². The molecule has 10 nitrogen and oxygen atoms in total. The Morgan fingerprint density at radius 3 is 1.88 bits per heavy atom. The van der Waals surface area contributed by atoms with Gasteiger partial charge in [0.05, 0.1) is 30.5 Å². The van der Waals surface area contributed by atoms with Crippen molar-refractivity contribution in [1.82, 2.24) is 0 Å². The highest BCUT2D eigenvalue weighted by molar-refractivity contribution is 7.92. The third-order valence-electron chi connectivity index (χ3n) is 6.13. The van der Waals surface area contributed by atoms with E-state index >= 15 is 0 Å². The molecule has 0 spiro atoms. The first-order valence-electron chi connectivity index (χ1n) is 12.7. The number of carbonyl (C=O) groups is 3. The van der Waals surface area contributed by atoms with E-state index < -0.39 is 33.8 Å². The normalized spacial score (nSPS) is 10.9. The average molecular weight is 589 g/mol. The van der Waals surface area contributed by atoms with Crippen LogP contribution in [-0.2, 0) is 35.7 Å². The number of hydrogen-bond donors (Lipinski definition) is 2. The Balaban J connectivity index is 1.90. The fourth-order valence-electron chi connectivity index (χ4n) is 4.08. The van der Waals surface area contributed by atoms with E-state index in [-0.39, 0.29) is 34.2 Å². The Morgan fingerprint density at radius 2 is 1.31 bits per heavy atom. The zero-order chi connectivity index (χ0) is 30.1. The van der Waals surface area contributed by atoms with E-state index in [9.17, 15) is 22.8 Å². The molecule has 1 amide bonds. The summed E-state index contributed by atoms with van der Waals surface area (Å²) in [7, 11) is -1.91. The smallest absolute Gasteiger partial charge is 0.324 e. The van der Waals surface area contributed by atoms with Crippen molar-refractivity contribution >= 4 is 39.2 Å². The molecule has 0 bridgehead atoms. The van der Waals surface area contributed by atoms with Crippen LogP contribution in [0.5, 0.6) is 5.75 Å². The van der Waals surface area contributed by atoms with Gasteiger partial charge in [0.25, 0.3) is 15.9 Å². The van der Waals surface area contributed by atoms with Crippen molar-refractivity contribution in [3.8, 4) is 5.75 Å². The monoisotopic (exact) mass is 588 g/mol. The van der Waals surface area contributed by atoms with Crippen LogP contribution in [0.1, 0.15) is 27.4 Å². The number of nitrogens with one attached hydrogen (secondary N) is 2. The summed E-state index contributed by atoms with van der Waals surface area (Å²) in [6.07, 6.45) is 0. The Morgan fingerprint density at radius 1 is 0.762 bits per heavy atom. The van der Waals surface area contributed by atoms with Crippen molar-refractivity contribution in [3.63, 3.8) is 0 Å². The SMILES string of the molecule is COC(=O)C(C(=O)OC)c1cc(NS(=O)(=O)c2ccccc2)cc(OCc2ccccc2)c1NC(=O)c1ccccc1. The van der Waals surface area contributed by atoms with Gasteiger partial charge in [-0.3, -0.25) is 19.1 Å². The van der Waals surface area contributed by atoms with Gasteiger partial charge in [-0.2, -0.15) is 0 Å². The quantitative estimate of drug-likeness (QED) is 0.189. The summed E-state index contributed by atoms with van der Waals surface area (Å²) < 4.78 is 44.7. The predicted molar refractivity (Wildman–Crippen MR) is 156 cm³/mol. The van der Waals surface area contributed by atoms with Crippen molar-refractivity contribution in [2.75, 3.05) is 24.3 Å². The van der Waals surface area contributed by atoms with E-state index in [4.69, 9.17) is 14.2 Å². The first-order valence-corrected chi connectivity index (χ1v) is 14.2. The summed E-state index contributed by atoms with van der Waals surface area (Å²) in [5.41, 5.74) is 0.885. The number of anilines is 2. The molecule has 0 radical (unpaired) electrons. The van der Waals surface area contributed by atoms with E-state index in [1.165, 1.54) is 24.3 Å². The van der Waals surface area contributed by atoms with Crippen LogP contribution in [0, 0.1) is 0 Å². The summed E-state index contributed by atoms with van der Waals surface area (Å²) in [5.74, 6) is -4.24. The zero-order valence-corrected chi connectivity index (χ0v) is 23.6. The molecule has 0 aliphatic carbocycles. The van der Waals surface area contributed by atoms with E-state index in [1.54, 1.807) is 48.5 Å². The first-order chi connectivity index (χ1) is 20.2. The molecule has 2 N–H and O–H groups in total. The van der Waals surface area contributed by atoms with Gasteiger partial charge in [-0.05, 0) is 35.9 Å². The number of hydrogen-bond acceptors (Lipinski definition) is 8. The largest absolute Gasteiger partial charge is 0.487 e. The molecule has 0 saturated carbocycles. The highest BCUT2D eigenvalue weighted by Crippen LogP contribution is 2.39. The molecule has 4 aromatic carbocycles. The van der Waals surface area contributed by atoms with Crippen molar-refractivity contribution in [2.24, 2.45) is 0 Å². The average Bonchev–Trinajstić information content (AvgIpc) is 3.02. The maximum atomic E-state index is 13.3. The summed E-state index contributed by atoms with van der Waals surface area (Å²) in [6, 6.07) is 27.6. The standard InChI is InChI=1S/C31H28N2O8S/c1-39-30(35)27(31(36)40-2)25-18-23(33-42(37,38)24-16-10-5-11-17-24)19-26(41-20-21-12-6-3-7-13-21)28(25)32-29(34)22-14-8-4-9-15-22/h3-19,27,33H,20H2,1-2H3,(H,32,34). The third kappa shape index (κ3) is 7.12. The van der Waals surface area contributed by atoms with E-state index in [2.05, 4.69) is 10.0 Å². The van der Waals surface area contributed by atoms with Crippen LogP contribution >= 0.6 is 0 Å². The van der Waals surface area contributed by atoms with E-state index in [0.717, 1.165) is 19.8 Å². The van der Waals surface area contributed by atoms with Gasteiger partial charge in [-0.1, -0.05) is 66.7 Å². The molecule has 4 rings (SSSR count). The lowest BCUT2D eigenvalue weighted by Gasteiger charge is -2.22. The van der Waals surface area contributed by atoms with Crippen LogP contribution in [0.25, 0.3) is 0 Å². The van der Waals surface area contributed by atoms with Crippen molar-refractivity contribution < 1.29 is 37.0 Å². The summed E-state index contributed by atoms with van der Waals surface area (Å²) in [4.78, 5) is 39.1. The molecule has 11 heteroatoms. The number of rotatable bonds is 11. The van der Waals surface area contributed by atoms with Crippen LogP contribution < -0.4 is 14.8 Å². The van der Waals surface area contributed by atoms with Gasteiger partial charge in [0, 0.05) is 17.2 Å². The molecule has 0 atom stereocenters. The molecular weight excluding hydrogens is 560 g/mol. The summed E-state index contributed by atoms with van der Waals surface area (Å²) in [6.45, 7) is 0.0183. The van der Waals surface area contributed by atoms with E-state index in [1.807, 2.05) is 30.3 Å². The highest BCUT2D eigenvalue weighted by atomic mass is 32.2. The second-order valence-corrected chi connectivity index (χ2v) is 10.6. The van der Waals surface area contributed by atoms with E-state index in [0.29, 0.717) is 5.56 Å². The maximum Gasteiger partial charge on any atom is 0.324 e. The molecular formula is C31H28N2O8S. The zero-order valence-electron chi connectivity index (χ0n) is 22.8. The molecule has 4 aromatic rings. The number of carbonyl (C=O) groups excluding carboxylic acids is 3. The van der Waals surface area contributed by atoms with Gasteiger partial charge in [0.15, 0.2) is 5.92 Å². The molecule has 0 heterocycles. The number of esters is 2. The Kier molecular flexibility index (Phi) is 9.56. The fourth-order valence-corrected chi connectivity index (χ4v) is 5.14. The minimum Gasteiger partial charge on any atom is -0.487 e. The summed E-state index contributed by atoms with van der Waals surface area (Å²) >= 11 is 0. The number of ether oxygens (including phenoxy) is 3. The van der Waals surface area contributed by atoms with Crippen LogP contribution in [-0.4, -0.2) is 40.5 Å². The van der Waals surface area contributed by atoms with Crippen molar-refractivity contribution in [1.29, 1.82) is 0 Å². The van der Waals surface area contributed by atoms with Gasteiger partial charge >= 0.3 is 11.9 Å². The topological polar surface area (TPSA) is 137 Å². The Labute approximate surface area is 243 Å². The number of sulfonamides is 1. The summed E-state index contributed by atoms with van der Waals surface area (Å²) in [5, 5.41) is 2.74. The lowest BCUT2D eigenvalue weighted by Crippen LogP contribution is -2.27. The Bertz CT molecular complexity index is 1650. The number of amides is 1. The van der Waals surface area contributed by atoms with Gasteiger partial charge < -0.3 is 19.5 Å². The molecule has 42 heavy (non-hydrogen) atoms. The lowest BCUT2D eigenvalue weighted by molar-refractivity contribution is -0.154. The van der Waals surface area contributed by atoms with Gasteiger partial charge in [-0.25, -0.2) is 8.42 Å². The molecule has 0 aromatic heterocycles. The molecule has 0 fully saturated rings. The maximum absolute atomic E-state index is 13.3. The highest BCUT2D eigenvalue weighted by Gasteiger charge is 2.35. The van der Waals surface area contributed by atoms with Crippen LogP contribution in [0.3, 0.4) is 0 Å². The Hall–Kier alpha value is -5.16. The molecule has 0 unspecified atom stereocenters. The second-order valence-electron chi connectivity index (χ2n) is 8.93. The first kappa shape index (κ1) is 29.8. The fraction of sp³-hybridized carbons (Fsp3) is 0.129. The van der Waals surface area contributed by atoms with Crippen LogP contribution in [0.4, 0.5) is 11.4 Å². The third-order valence-corrected chi connectivity index (χ3v) is 7.53. The minimum atomic E-state index is -4.10. The van der Waals surface area contributed by atoms with Crippen LogP contribution in [0.15, 0.2) is 108 Å². The van der Waals surface area contributed by atoms with Gasteiger partial charge in [0.1, 0.15) is 12.4 Å². The predicted octanol–water partition coefficient (Wildman–Crippen LogP) is 4.75. The molecule has 0 saturated heterocycles. The van der Waals surface area contributed by atoms with Crippen LogP contribution in [0.2, 0.25) is 0 Å². The molecule has 216 valence electrons. The second kappa shape index (κ2) is 13.5.